The molecule has 1 aliphatic rings. The Morgan fingerprint density at radius 3 is 2.62 bits per heavy atom. The van der Waals surface area contributed by atoms with Gasteiger partial charge in [0.1, 0.15) is 18.1 Å². The molecule has 0 aromatic heterocycles. The topological polar surface area (TPSA) is 47.6 Å². The molecule has 2 atom stereocenters. The normalized spacial score (nSPS) is 18.5. The Hall–Kier alpha value is -2.49. The maximum absolute atomic E-state index is 12.3. The number of nitrogens with one attached hydrogen (secondary N) is 1. The van der Waals surface area contributed by atoms with E-state index in [1.807, 2.05) is 30.3 Å². The zero-order chi connectivity index (χ0) is 18.5. The van der Waals surface area contributed by atoms with Gasteiger partial charge in [-0.1, -0.05) is 38.1 Å². The second-order valence-electron chi connectivity index (χ2n) is 7.09. The van der Waals surface area contributed by atoms with Crippen LogP contribution in [0.25, 0.3) is 0 Å². The molecule has 0 aliphatic heterocycles. The highest BCUT2D eigenvalue weighted by molar-refractivity contribution is 5.82. The first-order valence-electron chi connectivity index (χ1n) is 9.23. The van der Waals surface area contributed by atoms with Gasteiger partial charge >= 0.3 is 0 Å². The van der Waals surface area contributed by atoms with Gasteiger partial charge in [-0.05, 0) is 53.6 Å². The standard InChI is InChI=1S/C22H27NO3/c1-15(2)16-7-9-18(10-8-16)26-12-11-23-22(24)21-14-20(21)17-5-4-6-19(13-17)25-3/h4-10,13,15,20-21H,11-12,14H2,1-3H3,(H,23,24). The molecule has 4 nitrogen and oxygen atoms in total. The highest BCUT2D eigenvalue weighted by Crippen LogP contribution is 2.48. The van der Waals surface area contributed by atoms with Gasteiger partial charge in [0.15, 0.2) is 0 Å². The molecule has 3 rings (SSSR count). The lowest BCUT2D eigenvalue weighted by molar-refractivity contribution is -0.122. The monoisotopic (exact) mass is 353 g/mol. The van der Waals surface area contributed by atoms with Crippen LogP contribution in [0.3, 0.4) is 0 Å². The van der Waals surface area contributed by atoms with Crippen molar-refractivity contribution in [3.63, 3.8) is 0 Å². The number of benzene rings is 2. The molecule has 2 aromatic rings. The molecule has 1 aliphatic carbocycles. The molecule has 0 saturated heterocycles. The van der Waals surface area contributed by atoms with Crippen molar-refractivity contribution in [3.05, 3.63) is 59.7 Å². The van der Waals surface area contributed by atoms with E-state index in [4.69, 9.17) is 9.47 Å². The number of rotatable bonds is 8. The summed E-state index contributed by atoms with van der Waals surface area (Å²) in [7, 11) is 1.66. The largest absolute Gasteiger partial charge is 0.497 e. The van der Waals surface area contributed by atoms with Crippen molar-refractivity contribution in [1.29, 1.82) is 0 Å². The minimum atomic E-state index is 0.0624. The first-order valence-corrected chi connectivity index (χ1v) is 9.23. The molecule has 2 unspecified atom stereocenters. The van der Waals surface area contributed by atoms with Crippen LogP contribution < -0.4 is 14.8 Å². The Labute approximate surface area is 155 Å². The van der Waals surface area contributed by atoms with Crippen LogP contribution in [0.4, 0.5) is 0 Å². The average Bonchev–Trinajstić information content (AvgIpc) is 3.46. The van der Waals surface area contributed by atoms with E-state index in [1.54, 1.807) is 7.11 Å². The molecule has 0 radical (unpaired) electrons. The Kier molecular flexibility index (Phi) is 5.82. The molecule has 0 spiro atoms. The van der Waals surface area contributed by atoms with E-state index in [2.05, 4.69) is 37.4 Å². The lowest BCUT2D eigenvalue weighted by atomic mass is 10.0. The first kappa shape index (κ1) is 18.3. The Bertz CT molecular complexity index is 739. The van der Waals surface area contributed by atoms with Gasteiger partial charge in [0.2, 0.25) is 5.91 Å². The number of hydrogen-bond acceptors (Lipinski definition) is 3. The summed E-state index contributed by atoms with van der Waals surface area (Å²) in [6.07, 6.45) is 0.899. The smallest absolute Gasteiger partial charge is 0.223 e. The summed E-state index contributed by atoms with van der Waals surface area (Å²) in [6, 6.07) is 16.1. The fourth-order valence-corrected chi connectivity index (χ4v) is 3.15. The zero-order valence-electron chi connectivity index (χ0n) is 15.7. The van der Waals surface area contributed by atoms with Crippen molar-refractivity contribution in [1.82, 2.24) is 5.32 Å². The van der Waals surface area contributed by atoms with Crippen molar-refractivity contribution in [3.8, 4) is 11.5 Å². The second-order valence-corrected chi connectivity index (χ2v) is 7.09. The number of amides is 1. The van der Waals surface area contributed by atoms with Crippen LogP contribution in [-0.2, 0) is 4.79 Å². The number of methoxy groups -OCH3 is 1. The van der Waals surface area contributed by atoms with E-state index in [1.165, 1.54) is 11.1 Å². The maximum Gasteiger partial charge on any atom is 0.223 e. The second kappa shape index (κ2) is 8.26. The predicted molar refractivity (Wildman–Crippen MR) is 103 cm³/mol. The van der Waals surface area contributed by atoms with Crippen molar-refractivity contribution in [2.75, 3.05) is 20.3 Å². The fourth-order valence-electron chi connectivity index (χ4n) is 3.15. The van der Waals surface area contributed by atoms with Crippen LogP contribution in [0, 0.1) is 5.92 Å². The molecule has 1 saturated carbocycles. The van der Waals surface area contributed by atoms with Gasteiger partial charge in [0.25, 0.3) is 0 Å². The van der Waals surface area contributed by atoms with E-state index >= 15 is 0 Å². The van der Waals surface area contributed by atoms with Crippen molar-refractivity contribution >= 4 is 5.91 Å². The van der Waals surface area contributed by atoms with Crippen LogP contribution in [0.5, 0.6) is 11.5 Å². The van der Waals surface area contributed by atoms with E-state index in [0.29, 0.717) is 25.0 Å². The predicted octanol–water partition coefficient (Wildman–Crippen LogP) is 4.12. The number of carbonyl (C=O) groups excluding carboxylic acids is 1. The van der Waals surface area contributed by atoms with Gasteiger partial charge in [-0.3, -0.25) is 4.79 Å². The third-order valence-electron chi connectivity index (χ3n) is 4.87. The summed E-state index contributed by atoms with van der Waals surface area (Å²) in [5.41, 5.74) is 2.47. The van der Waals surface area contributed by atoms with Gasteiger partial charge in [0.05, 0.1) is 13.7 Å². The van der Waals surface area contributed by atoms with Gasteiger partial charge in [-0.15, -0.1) is 0 Å². The van der Waals surface area contributed by atoms with E-state index in [0.717, 1.165) is 17.9 Å². The molecule has 26 heavy (non-hydrogen) atoms. The van der Waals surface area contributed by atoms with Crippen LogP contribution in [0.15, 0.2) is 48.5 Å². The average molecular weight is 353 g/mol. The van der Waals surface area contributed by atoms with Crippen LogP contribution in [0.2, 0.25) is 0 Å². The molecule has 138 valence electrons. The summed E-state index contributed by atoms with van der Waals surface area (Å²) in [5.74, 6) is 2.66. The summed E-state index contributed by atoms with van der Waals surface area (Å²) >= 11 is 0. The van der Waals surface area contributed by atoms with E-state index in [-0.39, 0.29) is 11.8 Å². The van der Waals surface area contributed by atoms with Crippen molar-refractivity contribution < 1.29 is 14.3 Å². The maximum atomic E-state index is 12.3. The summed E-state index contributed by atoms with van der Waals surface area (Å²) < 4.78 is 11.0. The molecule has 0 bridgehead atoms. The minimum absolute atomic E-state index is 0.0624. The summed E-state index contributed by atoms with van der Waals surface area (Å²) in [4.78, 5) is 12.3. The van der Waals surface area contributed by atoms with Crippen LogP contribution in [-0.4, -0.2) is 26.2 Å². The van der Waals surface area contributed by atoms with Crippen molar-refractivity contribution in [2.45, 2.75) is 32.1 Å². The molecule has 1 fully saturated rings. The highest BCUT2D eigenvalue weighted by atomic mass is 16.5. The van der Waals surface area contributed by atoms with Gasteiger partial charge in [-0.2, -0.15) is 0 Å². The van der Waals surface area contributed by atoms with E-state index in [9.17, 15) is 4.79 Å². The molecular formula is C22H27NO3. The third kappa shape index (κ3) is 4.57. The lowest BCUT2D eigenvalue weighted by Crippen LogP contribution is -2.29. The number of carbonyl (C=O) groups is 1. The lowest BCUT2D eigenvalue weighted by Gasteiger charge is -2.10. The Morgan fingerprint density at radius 2 is 1.92 bits per heavy atom. The zero-order valence-corrected chi connectivity index (χ0v) is 15.7. The minimum Gasteiger partial charge on any atom is -0.497 e. The number of hydrogen-bond donors (Lipinski definition) is 1. The highest BCUT2D eigenvalue weighted by Gasteiger charge is 2.43. The Morgan fingerprint density at radius 1 is 1.15 bits per heavy atom. The molecule has 1 amide bonds. The van der Waals surface area contributed by atoms with Gasteiger partial charge < -0.3 is 14.8 Å². The van der Waals surface area contributed by atoms with Crippen LogP contribution >= 0.6 is 0 Å². The molecule has 2 aromatic carbocycles. The number of ether oxygens (including phenoxy) is 2. The molecular weight excluding hydrogens is 326 g/mol. The Balaban J connectivity index is 1.39. The molecule has 4 heteroatoms. The van der Waals surface area contributed by atoms with Crippen LogP contribution in [0.1, 0.15) is 43.2 Å². The fraction of sp³-hybridized carbons (Fsp3) is 0.409. The van der Waals surface area contributed by atoms with E-state index < -0.39 is 0 Å². The van der Waals surface area contributed by atoms with Gasteiger partial charge in [0, 0.05) is 5.92 Å². The quantitative estimate of drug-likeness (QED) is 0.726. The molecule has 1 N–H and O–H groups in total. The first-order chi connectivity index (χ1) is 12.6. The summed E-state index contributed by atoms with van der Waals surface area (Å²) in [5, 5.41) is 2.98. The van der Waals surface area contributed by atoms with Gasteiger partial charge in [-0.25, -0.2) is 0 Å². The SMILES string of the molecule is COc1cccc(C2CC2C(=O)NCCOc2ccc(C(C)C)cc2)c1. The summed E-state index contributed by atoms with van der Waals surface area (Å²) in [6.45, 7) is 5.33. The molecule has 0 heterocycles. The van der Waals surface area contributed by atoms with Crippen molar-refractivity contribution in [2.24, 2.45) is 5.92 Å². The third-order valence-corrected chi connectivity index (χ3v) is 4.87.